The lowest BCUT2D eigenvalue weighted by Crippen LogP contribution is -2.02. The minimum atomic E-state index is -0.566. The zero-order valence-corrected chi connectivity index (χ0v) is 12.3. The molecular weight excluding hydrogens is 296 g/mol. The number of nitrogens with zero attached hydrogens (tertiary/aromatic N) is 2. The van der Waals surface area contributed by atoms with E-state index in [4.69, 9.17) is 0 Å². The Morgan fingerprint density at radius 3 is 2.35 bits per heavy atom. The van der Waals surface area contributed by atoms with Crippen LogP contribution in [0.15, 0.2) is 76.8 Å². The van der Waals surface area contributed by atoms with Gasteiger partial charge in [-0.05, 0) is 12.1 Å². The number of benzene rings is 2. The predicted octanol–water partition coefficient (Wildman–Crippen LogP) is 3.84. The van der Waals surface area contributed by atoms with Gasteiger partial charge in [0.15, 0.2) is 5.70 Å². The maximum absolute atomic E-state index is 12.2. The van der Waals surface area contributed by atoms with Gasteiger partial charge in [-0.25, -0.2) is 4.79 Å². The second-order valence-electron chi connectivity index (χ2n) is 4.42. The highest BCUT2D eigenvalue weighted by Gasteiger charge is 2.14. The SMILES string of the molecule is COC(=O)c1ccccc1N=N/C(=C/O)C(=O)c1ccccc1. The third-order valence-electron chi connectivity index (χ3n) is 2.97. The third kappa shape index (κ3) is 3.88. The number of carbonyl (C=O) groups is 2. The van der Waals surface area contributed by atoms with Crippen LogP contribution in [0.4, 0.5) is 5.69 Å². The number of Topliss-reactive ketones (excluding diaryl/α,β-unsaturated/α-hetero) is 1. The molecule has 0 aliphatic carbocycles. The lowest BCUT2D eigenvalue weighted by Gasteiger charge is -2.02. The van der Waals surface area contributed by atoms with Crippen LogP contribution in [-0.2, 0) is 4.74 Å². The lowest BCUT2D eigenvalue weighted by atomic mass is 10.1. The van der Waals surface area contributed by atoms with Crippen molar-refractivity contribution >= 4 is 17.4 Å². The Kier molecular flexibility index (Phi) is 5.35. The molecular formula is C17H14N2O4. The third-order valence-corrected chi connectivity index (χ3v) is 2.97. The summed E-state index contributed by atoms with van der Waals surface area (Å²) in [7, 11) is 1.26. The van der Waals surface area contributed by atoms with Crippen LogP contribution in [0.3, 0.4) is 0 Å². The molecule has 2 rings (SSSR count). The number of allylic oxidation sites excluding steroid dienone is 1. The minimum absolute atomic E-state index is 0.211. The van der Waals surface area contributed by atoms with Crippen molar-refractivity contribution < 1.29 is 19.4 Å². The molecule has 0 aliphatic rings. The number of carbonyl (C=O) groups excluding carboxylic acids is 2. The van der Waals surface area contributed by atoms with Crippen molar-refractivity contribution in [1.29, 1.82) is 0 Å². The molecule has 0 aliphatic heterocycles. The Hall–Kier alpha value is -3.28. The van der Waals surface area contributed by atoms with E-state index in [9.17, 15) is 14.7 Å². The van der Waals surface area contributed by atoms with Crippen LogP contribution in [-0.4, -0.2) is 24.0 Å². The van der Waals surface area contributed by atoms with Crippen molar-refractivity contribution in [2.24, 2.45) is 10.2 Å². The van der Waals surface area contributed by atoms with Crippen LogP contribution in [0.1, 0.15) is 20.7 Å². The maximum Gasteiger partial charge on any atom is 0.340 e. The molecule has 2 aromatic carbocycles. The number of hydrogen-bond acceptors (Lipinski definition) is 6. The molecule has 0 aromatic heterocycles. The maximum atomic E-state index is 12.2. The lowest BCUT2D eigenvalue weighted by molar-refractivity contribution is 0.0601. The summed E-state index contributed by atoms with van der Waals surface area (Å²) in [6.07, 6.45) is 0.583. The van der Waals surface area contributed by atoms with Gasteiger partial charge in [0.2, 0.25) is 5.78 Å². The van der Waals surface area contributed by atoms with Crippen LogP contribution in [0.25, 0.3) is 0 Å². The van der Waals surface area contributed by atoms with E-state index >= 15 is 0 Å². The molecule has 0 spiro atoms. The van der Waals surface area contributed by atoms with Gasteiger partial charge in [0.1, 0.15) is 11.9 Å². The number of aliphatic hydroxyl groups excluding tert-OH is 1. The molecule has 0 saturated heterocycles. The van der Waals surface area contributed by atoms with E-state index in [1.54, 1.807) is 48.5 Å². The van der Waals surface area contributed by atoms with E-state index < -0.39 is 11.8 Å². The van der Waals surface area contributed by atoms with Gasteiger partial charge >= 0.3 is 5.97 Å². The topological polar surface area (TPSA) is 88.3 Å². The van der Waals surface area contributed by atoms with Crippen LogP contribution < -0.4 is 0 Å². The summed E-state index contributed by atoms with van der Waals surface area (Å²) in [5, 5.41) is 16.8. The van der Waals surface area contributed by atoms with Crippen molar-refractivity contribution in [3.05, 3.63) is 77.7 Å². The monoisotopic (exact) mass is 310 g/mol. The molecule has 0 amide bonds. The fourth-order valence-corrected chi connectivity index (χ4v) is 1.82. The summed E-state index contributed by atoms with van der Waals surface area (Å²) < 4.78 is 4.66. The van der Waals surface area contributed by atoms with Gasteiger partial charge in [-0.15, -0.1) is 10.2 Å². The molecule has 6 nitrogen and oxygen atoms in total. The van der Waals surface area contributed by atoms with Crippen molar-refractivity contribution in [1.82, 2.24) is 0 Å². The van der Waals surface area contributed by atoms with Gasteiger partial charge in [0.05, 0.1) is 12.7 Å². The van der Waals surface area contributed by atoms with Crippen LogP contribution >= 0.6 is 0 Å². The van der Waals surface area contributed by atoms with E-state index in [0.29, 0.717) is 11.8 Å². The van der Waals surface area contributed by atoms with Gasteiger partial charge in [0.25, 0.3) is 0 Å². The Labute approximate surface area is 132 Å². The normalized spacial score (nSPS) is 11.4. The Bertz CT molecular complexity index is 767. The Morgan fingerprint density at radius 1 is 1.04 bits per heavy atom. The molecule has 6 heteroatoms. The average molecular weight is 310 g/mol. The van der Waals surface area contributed by atoms with Gasteiger partial charge in [-0.2, -0.15) is 0 Å². The summed E-state index contributed by atoms with van der Waals surface area (Å²) >= 11 is 0. The number of aliphatic hydroxyl groups is 1. The van der Waals surface area contributed by atoms with E-state index in [1.165, 1.54) is 13.2 Å². The zero-order valence-electron chi connectivity index (χ0n) is 12.3. The van der Waals surface area contributed by atoms with Gasteiger partial charge in [0, 0.05) is 5.56 Å². The molecule has 116 valence electrons. The molecule has 2 aromatic rings. The molecule has 0 radical (unpaired) electrons. The first-order chi connectivity index (χ1) is 11.2. The summed E-state index contributed by atoms with van der Waals surface area (Å²) in [4.78, 5) is 23.8. The number of azo groups is 1. The van der Waals surface area contributed by atoms with Crippen LogP contribution in [0, 0.1) is 0 Å². The first kappa shape index (κ1) is 16.1. The van der Waals surface area contributed by atoms with Gasteiger partial charge in [-0.3, -0.25) is 4.79 Å². The number of rotatable bonds is 5. The van der Waals surface area contributed by atoms with Crippen molar-refractivity contribution in [3.8, 4) is 0 Å². The van der Waals surface area contributed by atoms with Crippen LogP contribution in [0.2, 0.25) is 0 Å². The second kappa shape index (κ2) is 7.65. The molecule has 0 bridgehead atoms. The number of esters is 1. The summed E-state index contributed by atoms with van der Waals surface area (Å²) in [5.74, 6) is -1.05. The minimum Gasteiger partial charge on any atom is -0.513 e. The van der Waals surface area contributed by atoms with Gasteiger partial charge < -0.3 is 9.84 Å². The highest BCUT2D eigenvalue weighted by Crippen LogP contribution is 2.21. The second-order valence-corrected chi connectivity index (χ2v) is 4.42. The summed E-state index contributed by atoms with van der Waals surface area (Å²) in [5.41, 5.74) is 0.576. The molecule has 1 N–H and O–H groups in total. The fourth-order valence-electron chi connectivity index (χ4n) is 1.82. The Balaban J connectivity index is 2.28. The molecule has 23 heavy (non-hydrogen) atoms. The van der Waals surface area contributed by atoms with E-state index in [0.717, 1.165) is 0 Å². The standard InChI is InChI=1S/C17H14N2O4/c1-23-17(22)13-9-5-6-10-14(13)18-19-15(11-20)16(21)12-7-3-2-4-8-12/h2-11,20H,1H3/b15-11+,19-18?. The summed E-state index contributed by atoms with van der Waals surface area (Å²) in [6, 6.07) is 14.8. The van der Waals surface area contributed by atoms with E-state index in [-0.39, 0.29) is 16.9 Å². The molecule has 0 heterocycles. The van der Waals surface area contributed by atoms with Crippen LogP contribution in [0.5, 0.6) is 0 Å². The fraction of sp³-hybridized carbons (Fsp3) is 0.0588. The van der Waals surface area contributed by atoms with Crippen molar-refractivity contribution in [2.45, 2.75) is 0 Å². The van der Waals surface area contributed by atoms with Crippen molar-refractivity contribution in [3.63, 3.8) is 0 Å². The number of ketones is 1. The zero-order chi connectivity index (χ0) is 16.7. The molecule has 0 fully saturated rings. The van der Waals surface area contributed by atoms with E-state index in [2.05, 4.69) is 15.0 Å². The molecule has 0 atom stereocenters. The van der Waals surface area contributed by atoms with Crippen molar-refractivity contribution in [2.75, 3.05) is 7.11 Å². The predicted molar refractivity (Wildman–Crippen MR) is 83.8 cm³/mol. The number of methoxy groups -OCH3 is 1. The number of hydrogen-bond donors (Lipinski definition) is 1. The summed E-state index contributed by atoms with van der Waals surface area (Å²) in [6.45, 7) is 0. The number of ether oxygens (including phenoxy) is 1. The largest absolute Gasteiger partial charge is 0.513 e. The Morgan fingerprint density at radius 2 is 1.70 bits per heavy atom. The average Bonchev–Trinajstić information content (AvgIpc) is 2.62. The van der Waals surface area contributed by atoms with Gasteiger partial charge in [-0.1, -0.05) is 42.5 Å². The highest BCUT2D eigenvalue weighted by molar-refractivity contribution is 6.08. The highest BCUT2D eigenvalue weighted by atomic mass is 16.5. The molecule has 0 unspecified atom stereocenters. The smallest absolute Gasteiger partial charge is 0.340 e. The first-order valence-electron chi connectivity index (χ1n) is 6.70. The quantitative estimate of drug-likeness (QED) is 0.299. The first-order valence-corrected chi connectivity index (χ1v) is 6.70. The molecule has 0 saturated carbocycles. The van der Waals surface area contributed by atoms with E-state index in [1.807, 2.05) is 0 Å².